The van der Waals surface area contributed by atoms with E-state index in [9.17, 15) is 22.8 Å². The summed E-state index contributed by atoms with van der Waals surface area (Å²) in [5, 5.41) is 0.407. The van der Waals surface area contributed by atoms with Crippen LogP contribution in [-0.4, -0.2) is 54.1 Å². The Hall–Kier alpha value is -2.69. The van der Waals surface area contributed by atoms with Crippen molar-refractivity contribution in [1.29, 1.82) is 0 Å². The molecule has 1 aromatic carbocycles. The first-order valence-electron chi connectivity index (χ1n) is 9.97. The molecule has 0 saturated carbocycles. The van der Waals surface area contributed by atoms with Gasteiger partial charge in [-0.05, 0) is 38.0 Å². The number of halogens is 1. The van der Waals surface area contributed by atoms with Crippen LogP contribution in [0.2, 0.25) is 5.02 Å². The van der Waals surface area contributed by atoms with Gasteiger partial charge in [0.15, 0.2) is 6.10 Å². The minimum Gasteiger partial charge on any atom is -0.454 e. The van der Waals surface area contributed by atoms with Gasteiger partial charge in [-0.15, -0.1) is 0 Å². The van der Waals surface area contributed by atoms with Crippen LogP contribution in [0.5, 0.6) is 0 Å². The number of hydrogen-bond acceptors (Lipinski definition) is 6. The minimum absolute atomic E-state index is 0.0319. The smallest absolute Gasteiger partial charge is 0.309 e. The SMILES string of the molecule is C[C@H](OC(=O)C1CCN(S(=O)(=O)c2cc(C(N)=O)n(C)c2)CC1)C(=O)c1cccc(Cl)c1. The summed E-state index contributed by atoms with van der Waals surface area (Å²) in [7, 11) is -2.30. The average Bonchev–Trinajstić information content (AvgIpc) is 3.16. The van der Waals surface area contributed by atoms with Crippen molar-refractivity contribution in [3.63, 3.8) is 0 Å². The number of nitrogens with two attached hydrogens (primary N) is 1. The first kappa shape index (κ1) is 24.0. The number of nitrogens with zero attached hydrogens (tertiary/aromatic N) is 2. The maximum Gasteiger partial charge on any atom is 0.309 e. The Morgan fingerprint density at radius 3 is 2.41 bits per heavy atom. The number of aromatic nitrogens is 1. The fourth-order valence-electron chi connectivity index (χ4n) is 3.60. The van der Waals surface area contributed by atoms with Crippen molar-refractivity contribution in [2.45, 2.75) is 30.8 Å². The molecule has 172 valence electrons. The van der Waals surface area contributed by atoms with Gasteiger partial charge in [-0.2, -0.15) is 4.31 Å². The molecule has 1 aliphatic heterocycles. The van der Waals surface area contributed by atoms with Gasteiger partial charge in [-0.25, -0.2) is 8.42 Å². The molecule has 1 saturated heterocycles. The Labute approximate surface area is 191 Å². The second-order valence-corrected chi connectivity index (χ2v) is 10.0. The number of hydrogen-bond donors (Lipinski definition) is 1. The molecule has 32 heavy (non-hydrogen) atoms. The Morgan fingerprint density at radius 1 is 1.19 bits per heavy atom. The zero-order valence-corrected chi connectivity index (χ0v) is 19.2. The summed E-state index contributed by atoms with van der Waals surface area (Å²) < 4.78 is 33.7. The number of rotatable bonds is 7. The fourth-order valence-corrected chi connectivity index (χ4v) is 5.33. The normalized spacial score (nSPS) is 16.5. The molecular formula is C21H24ClN3O6S. The topological polar surface area (TPSA) is 129 Å². The van der Waals surface area contributed by atoms with Gasteiger partial charge in [0.05, 0.1) is 5.92 Å². The summed E-state index contributed by atoms with van der Waals surface area (Å²) >= 11 is 5.90. The molecule has 2 N–H and O–H groups in total. The van der Waals surface area contributed by atoms with Crippen molar-refractivity contribution < 1.29 is 27.5 Å². The second-order valence-electron chi connectivity index (χ2n) is 7.67. The van der Waals surface area contributed by atoms with Gasteiger partial charge in [0, 0.05) is 36.9 Å². The summed E-state index contributed by atoms with van der Waals surface area (Å²) in [4.78, 5) is 36.4. The van der Waals surface area contributed by atoms with E-state index in [1.165, 1.54) is 41.2 Å². The first-order valence-corrected chi connectivity index (χ1v) is 11.8. The lowest BCUT2D eigenvalue weighted by Gasteiger charge is -2.30. The van der Waals surface area contributed by atoms with Crippen molar-refractivity contribution in [3.8, 4) is 0 Å². The Kier molecular flexibility index (Phi) is 7.06. The molecule has 1 amide bonds. The Bertz CT molecular complexity index is 1150. The maximum atomic E-state index is 12.9. The molecule has 9 nitrogen and oxygen atoms in total. The van der Waals surface area contributed by atoms with E-state index >= 15 is 0 Å². The molecule has 1 aliphatic rings. The number of sulfonamides is 1. The van der Waals surface area contributed by atoms with Crippen molar-refractivity contribution in [2.75, 3.05) is 13.1 Å². The summed E-state index contributed by atoms with van der Waals surface area (Å²) in [5.74, 6) is -2.15. The highest BCUT2D eigenvalue weighted by Gasteiger charge is 2.35. The van der Waals surface area contributed by atoms with E-state index in [2.05, 4.69) is 0 Å². The largest absolute Gasteiger partial charge is 0.454 e. The highest BCUT2D eigenvalue weighted by molar-refractivity contribution is 7.89. The number of ether oxygens (including phenoxy) is 1. The third kappa shape index (κ3) is 5.03. The number of carbonyl (C=O) groups is 3. The fraction of sp³-hybridized carbons (Fsp3) is 0.381. The van der Waals surface area contributed by atoms with E-state index in [0.717, 1.165) is 0 Å². The van der Waals surface area contributed by atoms with E-state index in [1.54, 1.807) is 18.2 Å². The molecule has 1 atom stereocenters. The number of primary amides is 1. The second kappa shape index (κ2) is 9.43. The van der Waals surface area contributed by atoms with E-state index in [4.69, 9.17) is 22.1 Å². The molecule has 11 heteroatoms. The van der Waals surface area contributed by atoms with Crippen LogP contribution in [0.15, 0.2) is 41.4 Å². The van der Waals surface area contributed by atoms with Gasteiger partial charge in [-0.1, -0.05) is 23.7 Å². The third-order valence-corrected chi connectivity index (χ3v) is 7.53. The molecule has 3 rings (SSSR count). The lowest BCUT2D eigenvalue weighted by Crippen LogP contribution is -2.41. The molecule has 0 bridgehead atoms. The van der Waals surface area contributed by atoms with Crippen LogP contribution >= 0.6 is 11.6 Å². The van der Waals surface area contributed by atoms with Crippen LogP contribution in [0.25, 0.3) is 0 Å². The summed E-state index contributed by atoms with van der Waals surface area (Å²) in [6, 6.07) is 7.61. The average molecular weight is 482 g/mol. The molecule has 0 radical (unpaired) electrons. The van der Waals surface area contributed by atoms with Crippen molar-refractivity contribution in [3.05, 3.63) is 52.8 Å². The minimum atomic E-state index is -3.84. The zero-order valence-electron chi connectivity index (χ0n) is 17.7. The Morgan fingerprint density at radius 2 is 1.84 bits per heavy atom. The molecule has 0 spiro atoms. The van der Waals surface area contributed by atoms with E-state index in [-0.39, 0.29) is 42.3 Å². The summed E-state index contributed by atoms with van der Waals surface area (Å²) in [6.07, 6.45) is 0.857. The summed E-state index contributed by atoms with van der Waals surface area (Å²) in [6.45, 7) is 1.71. The van der Waals surface area contributed by atoms with E-state index in [0.29, 0.717) is 10.6 Å². The molecule has 0 aliphatic carbocycles. The van der Waals surface area contributed by atoms with Crippen LogP contribution in [0, 0.1) is 5.92 Å². The predicted molar refractivity (Wildman–Crippen MR) is 117 cm³/mol. The zero-order chi connectivity index (χ0) is 23.6. The van der Waals surface area contributed by atoms with Crippen LogP contribution < -0.4 is 5.73 Å². The third-order valence-electron chi connectivity index (χ3n) is 5.43. The van der Waals surface area contributed by atoms with Crippen molar-refractivity contribution in [1.82, 2.24) is 8.87 Å². The maximum absolute atomic E-state index is 12.9. The molecule has 2 heterocycles. The van der Waals surface area contributed by atoms with Crippen LogP contribution in [-0.2, 0) is 26.6 Å². The number of ketones is 1. The van der Waals surface area contributed by atoms with Crippen LogP contribution in [0.3, 0.4) is 0 Å². The molecule has 0 unspecified atom stereocenters. The lowest BCUT2D eigenvalue weighted by molar-refractivity contribution is -0.152. The molecular weight excluding hydrogens is 458 g/mol. The van der Waals surface area contributed by atoms with Crippen LogP contribution in [0.1, 0.15) is 40.6 Å². The molecule has 2 aromatic rings. The number of benzene rings is 1. The van der Waals surface area contributed by atoms with Gasteiger partial charge in [0.25, 0.3) is 5.91 Å². The van der Waals surface area contributed by atoms with Crippen molar-refractivity contribution >= 4 is 39.3 Å². The number of piperidine rings is 1. The lowest BCUT2D eigenvalue weighted by atomic mass is 9.98. The van der Waals surface area contributed by atoms with Gasteiger partial charge in [-0.3, -0.25) is 14.4 Å². The van der Waals surface area contributed by atoms with Crippen molar-refractivity contribution in [2.24, 2.45) is 18.7 Å². The monoisotopic (exact) mass is 481 g/mol. The first-order chi connectivity index (χ1) is 15.0. The quantitative estimate of drug-likeness (QED) is 0.475. The van der Waals surface area contributed by atoms with Gasteiger partial charge in [0.1, 0.15) is 10.6 Å². The Balaban J connectivity index is 1.60. The number of amides is 1. The number of esters is 1. The number of carbonyl (C=O) groups excluding carboxylic acids is 3. The molecule has 1 fully saturated rings. The van der Waals surface area contributed by atoms with E-state index in [1.807, 2.05) is 0 Å². The van der Waals surface area contributed by atoms with Gasteiger partial charge < -0.3 is 15.0 Å². The van der Waals surface area contributed by atoms with Crippen LogP contribution in [0.4, 0.5) is 0 Å². The number of Topliss-reactive ketones (excluding diaryl/α,β-unsaturated/α-hetero) is 1. The van der Waals surface area contributed by atoms with E-state index < -0.39 is 33.9 Å². The predicted octanol–water partition coefficient (Wildman–Crippen LogP) is 1.99. The standard InChI is InChI=1S/C21H24ClN3O6S/c1-13(19(26)15-4-3-5-16(22)10-15)31-21(28)14-6-8-25(9-7-14)32(29,30)17-11-18(20(23)27)24(2)12-17/h3-5,10-14H,6-9H2,1-2H3,(H2,23,27)/t13-/m0/s1. The highest BCUT2D eigenvalue weighted by Crippen LogP contribution is 2.26. The van der Waals surface area contributed by atoms with Gasteiger partial charge in [0.2, 0.25) is 15.8 Å². The number of aryl methyl sites for hydroxylation is 1. The molecule has 1 aromatic heterocycles. The highest BCUT2D eigenvalue weighted by atomic mass is 35.5. The van der Waals surface area contributed by atoms with Gasteiger partial charge >= 0.3 is 5.97 Å². The summed E-state index contributed by atoms with van der Waals surface area (Å²) in [5.41, 5.74) is 5.68.